The van der Waals surface area contributed by atoms with Crippen LogP contribution >= 0.6 is 0 Å². The molecular weight excluding hydrogens is 530 g/mol. The Morgan fingerprint density at radius 1 is 0.651 bits per heavy atom. The minimum absolute atomic E-state index is 0.0894. The second-order valence-corrected chi connectivity index (χ2v) is 13.0. The minimum Gasteiger partial charge on any atom is -0.308 e. The third kappa shape index (κ3) is 1.85. The van der Waals surface area contributed by atoms with Crippen LogP contribution in [0.25, 0.3) is 43.9 Å². The Morgan fingerprint density at radius 2 is 1.47 bits per heavy atom. The van der Waals surface area contributed by atoms with E-state index in [0.29, 0.717) is 0 Å². The Bertz CT molecular complexity index is 2750. The summed E-state index contributed by atoms with van der Waals surface area (Å²) in [5.74, 6) is 0. The zero-order valence-electron chi connectivity index (χ0n) is 23.5. The van der Waals surface area contributed by atoms with Crippen molar-refractivity contribution in [3.63, 3.8) is 0 Å². The summed E-state index contributed by atoms with van der Waals surface area (Å²) in [6, 6.07) is 30.5. The summed E-state index contributed by atoms with van der Waals surface area (Å²) in [5, 5.41) is 3.83. The number of para-hydroxylation sites is 2. The van der Waals surface area contributed by atoms with Crippen LogP contribution in [0.3, 0.4) is 0 Å². The summed E-state index contributed by atoms with van der Waals surface area (Å²) in [6.45, 7) is 4.71. The van der Waals surface area contributed by atoms with E-state index >= 15 is 0 Å². The van der Waals surface area contributed by atoms with Gasteiger partial charge in [0.15, 0.2) is 11.0 Å². The van der Waals surface area contributed by atoms with Crippen molar-refractivity contribution in [3.8, 4) is 5.69 Å². The predicted octanol–water partition coefficient (Wildman–Crippen LogP) is 5.91. The molecule has 0 N–H and O–H groups in total. The number of hydrogen-bond acceptors (Lipinski definition) is 2. The maximum Gasteiger partial charge on any atom is 0.394 e. The number of rotatable bonds is 0. The molecular formula is C37H23N5O+2. The lowest BCUT2D eigenvalue weighted by Crippen LogP contribution is -2.76. The summed E-state index contributed by atoms with van der Waals surface area (Å²) in [6.07, 6.45) is 6.56. The number of anilines is 3. The highest BCUT2D eigenvalue weighted by molar-refractivity contribution is 6.19. The lowest BCUT2D eigenvalue weighted by Gasteiger charge is -2.46. The van der Waals surface area contributed by atoms with Crippen LogP contribution in [0.2, 0.25) is 0 Å². The molecule has 0 saturated heterocycles. The number of benzene rings is 4. The molecule has 4 aromatic heterocycles. The fraction of sp³-hybridized carbons (Fsp3) is 0.108. The van der Waals surface area contributed by atoms with Gasteiger partial charge in [-0.2, -0.15) is 8.97 Å². The van der Waals surface area contributed by atoms with Crippen molar-refractivity contribution >= 4 is 55.3 Å². The molecule has 0 amide bonds. The topological polar surface area (TPSA) is 37.4 Å². The van der Waals surface area contributed by atoms with E-state index in [9.17, 15) is 4.79 Å². The van der Waals surface area contributed by atoms with Crippen LogP contribution in [-0.4, -0.2) is 9.08 Å². The minimum atomic E-state index is -0.717. The van der Waals surface area contributed by atoms with Crippen LogP contribution in [0.5, 0.6) is 0 Å². The first-order valence-electron chi connectivity index (χ1n) is 14.9. The fourth-order valence-electron chi connectivity index (χ4n) is 9.46. The van der Waals surface area contributed by atoms with Gasteiger partial charge in [0.25, 0.3) is 0 Å². The monoisotopic (exact) mass is 553 g/mol. The summed E-state index contributed by atoms with van der Waals surface area (Å²) in [7, 11) is 0. The fourth-order valence-corrected chi connectivity index (χ4v) is 9.46. The van der Waals surface area contributed by atoms with Crippen molar-refractivity contribution in [1.29, 1.82) is 0 Å². The van der Waals surface area contributed by atoms with E-state index in [1.807, 2.05) is 18.2 Å². The van der Waals surface area contributed by atoms with Gasteiger partial charge in [-0.15, -0.1) is 4.68 Å². The number of nitrogens with zero attached hydrogens (tertiary/aromatic N) is 5. The largest absolute Gasteiger partial charge is 0.394 e. The molecule has 0 bridgehead atoms. The standard InChI is InChI=1S/C37H23N5O/c1-36(2)24-11-3-4-12-26(24)41-28-15-13-21-20-8-5-9-22-31(20)42-32(21)30(28)37(38-17-6-10-23(34(22)43)35(38)42)29-27(16-14-25(36)33(29)41)39-18-7-19-40(37)39/h3-19H,1-2H3/q+2. The summed E-state index contributed by atoms with van der Waals surface area (Å²) < 4.78 is 9.48. The molecule has 6 heteroatoms. The molecule has 8 heterocycles. The molecule has 43 heavy (non-hydrogen) atoms. The molecule has 4 aliphatic heterocycles. The van der Waals surface area contributed by atoms with Crippen molar-refractivity contribution in [2.75, 3.05) is 4.90 Å². The molecule has 0 saturated carbocycles. The Labute approximate surface area is 244 Å². The summed E-state index contributed by atoms with van der Waals surface area (Å²) in [5.41, 5.74) is 12.3. The third-order valence-corrected chi connectivity index (χ3v) is 11.0. The molecule has 0 fully saturated rings. The molecule has 4 aromatic carbocycles. The van der Waals surface area contributed by atoms with Crippen molar-refractivity contribution in [2.24, 2.45) is 0 Å². The first kappa shape index (κ1) is 21.2. The molecule has 1 atom stereocenters. The van der Waals surface area contributed by atoms with Crippen LogP contribution in [0, 0.1) is 0 Å². The lowest BCUT2D eigenvalue weighted by atomic mass is 9.69. The van der Waals surface area contributed by atoms with Gasteiger partial charge in [-0.3, -0.25) is 4.79 Å². The SMILES string of the molecule is CC1(C)c2ccccc2N2c3ccc4c5cccc6c(=O)c7ccc[n+]8c7n(c4c3C83c4c(ccc1c42)-n1ccc[n+]13)c65. The first-order chi connectivity index (χ1) is 21.0. The van der Waals surface area contributed by atoms with Gasteiger partial charge < -0.3 is 4.90 Å². The van der Waals surface area contributed by atoms with Crippen LogP contribution < -0.4 is 19.6 Å². The highest BCUT2D eigenvalue weighted by atomic mass is 16.1. The van der Waals surface area contributed by atoms with Gasteiger partial charge in [0.2, 0.25) is 11.6 Å². The summed E-state index contributed by atoms with van der Waals surface area (Å²) in [4.78, 5) is 16.7. The molecule has 12 rings (SSSR count). The molecule has 4 aliphatic rings. The quantitative estimate of drug-likeness (QED) is 0.173. The second kappa shape index (κ2) is 6.15. The van der Waals surface area contributed by atoms with Gasteiger partial charge in [-0.25, -0.2) is 0 Å². The molecule has 1 spiro atoms. The van der Waals surface area contributed by atoms with Crippen LogP contribution in [0.4, 0.5) is 17.1 Å². The summed E-state index contributed by atoms with van der Waals surface area (Å²) >= 11 is 0. The third-order valence-electron chi connectivity index (χ3n) is 11.0. The van der Waals surface area contributed by atoms with Crippen molar-refractivity contribution in [3.05, 3.63) is 136 Å². The molecule has 6 nitrogen and oxygen atoms in total. The average Bonchev–Trinajstić information content (AvgIpc) is 3.72. The van der Waals surface area contributed by atoms with Crippen LogP contribution in [-0.2, 0) is 11.1 Å². The normalized spacial score (nSPS) is 19.3. The van der Waals surface area contributed by atoms with E-state index in [4.69, 9.17) is 0 Å². The van der Waals surface area contributed by atoms with Gasteiger partial charge in [-0.05, 0) is 59.7 Å². The van der Waals surface area contributed by atoms with E-state index < -0.39 is 5.66 Å². The Morgan fingerprint density at radius 3 is 2.40 bits per heavy atom. The van der Waals surface area contributed by atoms with E-state index in [1.54, 1.807) is 0 Å². The predicted molar refractivity (Wildman–Crippen MR) is 165 cm³/mol. The highest BCUT2D eigenvalue weighted by Gasteiger charge is 2.69. The lowest BCUT2D eigenvalue weighted by molar-refractivity contribution is -0.987. The van der Waals surface area contributed by atoms with Crippen molar-refractivity contribution < 1.29 is 9.25 Å². The maximum absolute atomic E-state index is 14.2. The average molecular weight is 554 g/mol. The van der Waals surface area contributed by atoms with Gasteiger partial charge in [-0.1, -0.05) is 48.9 Å². The smallest absolute Gasteiger partial charge is 0.308 e. The Kier molecular flexibility index (Phi) is 3.04. The molecule has 1 unspecified atom stereocenters. The van der Waals surface area contributed by atoms with E-state index in [1.165, 1.54) is 55.9 Å². The van der Waals surface area contributed by atoms with Gasteiger partial charge in [0.05, 0.1) is 34.8 Å². The first-order valence-corrected chi connectivity index (χ1v) is 14.9. The van der Waals surface area contributed by atoms with E-state index in [2.05, 4.69) is 122 Å². The Balaban J connectivity index is 1.46. The Hall–Kier alpha value is -5.49. The van der Waals surface area contributed by atoms with Crippen LogP contribution in [0.1, 0.15) is 36.1 Å². The molecule has 0 aliphatic carbocycles. The van der Waals surface area contributed by atoms with E-state index in [0.717, 1.165) is 27.3 Å². The number of pyridine rings is 2. The maximum atomic E-state index is 14.2. The van der Waals surface area contributed by atoms with Gasteiger partial charge in [0, 0.05) is 22.3 Å². The van der Waals surface area contributed by atoms with Crippen molar-refractivity contribution in [2.45, 2.75) is 24.9 Å². The highest BCUT2D eigenvalue weighted by Crippen LogP contribution is 2.62. The van der Waals surface area contributed by atoms with Crippen molar-refractivity contribution in [1.82, 2.24) is 9.08 Å². The van der Waals surface area contributed by atoms with Gasteiger partial charge in [0.1, 0.15) is 22.2 Å². The second-order valence-electron chi connectivity index (χ2n) is 13.0. The van der Waals surface area contributed by atoms with Gasteiger partial charge >= 0.3 is 11.3 Å². The zero-order chi connectivity index (χ0) is 28.1. The van der Waals surface area contributed by atoms with E-state index in [-0.39, 0.29) is 10.8 Å². The number of aromatic nitrogens is 4. The molecule has 200 valence electrons. The van der Waals surface area contributed by atoms with Crippen LogP contribution in [0.15, 0.2) is 108 Å². The molecule has 8 aromatic rings. The molecule has 0 radical (unpaired) electrons. The number of hydrogen-bond donors (Lipinski definition) is 0. The zero-order valence-corrected chi connectivity index (χ0v) is 23.5. The number of fused-ring (bicyclic) bond motifs is 6.